The number of carboxylic acid groups (broad SMARTS) is 1. The number of carbonyl (C=O) groups is 1. The van der Waals surface area contributed by atoms with E-state index in [1.165, 1.54) is 6.26 Å². The Labute approximate surface area is 70.0 Å². The lowest BCUT2D eigenvalue weighted by Gasteiger charge is -2.08. The Morgan fingerprint density at radius 1 is 1.42 bits per heavy atom. The highest BCUT2D eigenvalue weighted by Gasteiger charge is 2.20. The van der Waals surface area contributed by atoms with Crippen molar-refractivity contribution in [2.45, 2.75) is 25.7 Å². The van der Waals surface area contributed by atoms with E-state index in [0.29, 0.717) is 5.56 Å². The van der Waals surface area contributed by atoms with Crippen LogP contribution in [0.4, 0.5) is 0 Å². The van der Waals surface area contributed by atoms with Crippen molar-refractivity contribution in [3.63, 3.8) is 0 Å². The van der Waals surface area contributed by atoms with Crippen molar-refractivity contribution < 1.29 is 14.3 Å². The van der Waals surface area contributed by atoms with Gasteiger partial charge in [0.2, 0.25) is 0 Å². The number of fused-ring (bicyclic) bond motifs is 1. The predicted molar refractivity (Wildman–Crippen MR) is 42.3 cm³/mol. The second-order valence-corrected chi connectivity index (χ2v) is 3.06. The normalized spacial score (nSPS) is 15.7. The van der Waals surface area contributed by atoms with Gasteiger partial charge in [0, 0.05) is 12.0 Å². The number of aryl methyl sites for hydroxylation is 1. The molecule has 3 nitrogen and oxygen atoms in total. The number of rotatable bonds is 1. The summed E-state index contributed by atoms with van der Waals surface area (Å²) in [6.07, 6.45) is 5.29. The zero-order chi connectivity index (χ0) is 8.55. The van der Waals surface area contributed by atoms with Crippen LogP contribution in [0.2, 0.25) is 0 Å². The first kappa shape index (κ1) is 7.40. The minimum absolute atomic E-state index is 0.352. The van der Waals surface area contributed by atoms with Gasteiger partial charge in [0.25, 0.3) is 0 Å². The Balaban J connectivity index is 2.44. The van der Waals surface area contributed by atoms with E-state index in [4.69, 9.17) is 9.52 Å². The van der Waals surface area contributed by atoms with E-state index in [9.17, 15) is 4.79 Å². The molecule has 3 heteroatoms. The van der Waals surface area contributed by atoms with Gasteiger partial charge in [0.15, 0.2) is 0 Å². The summed E-state index contributed by atoms with van der Waals surface area (Å²) in [4.78, 5) is 10.7. The third kappa shape index (κ3) is 1.02. The summed E-state index contributed by atoms with van der Waals surface area (Å²) in [5.74, 6) is 0.000509. The molecule has 0 fully saturated rings. The number of hydrogen-bond donors (Lipinski definition) is 1. The molecular weight excluding hydrogens is 156 g/mol. The Morgan fingerprint density at radius 3 is 2.92 bits per heavy atom. The van der Waals surface area contributed by atoms with Gasteiger partial charge in [-0.05, 0) is 19.3 Å². The summed E-state index contributed by atoms with van der Waals surface area (Å²) in [5, 5.41) is 8.77. The molecule has 64 valence electrons. The smallest absolute Gasteiger partial charge is 0.339 e. The first-order valence-electron chi connectivity index (χ1n) is 4.11. The largest absolute Gasteiger partial charge is 0.478 e. The van der Waals surface area contributed by atoms with Crippen LogP contribution in [0.5, 0.6) is 0 Å². The van der Waals surface area contributed by atoms with E-state index in [-0.39, 0.29) is 0 Å². The lowest BCUT2D eigenvalue weighted by atomic mass is 9.96. The third-order valence-corrected chi connectivity index (χ3v) is 2.29. The Bertz CT molecular complexity index is 312. The maximum Gasteiger partial charge on any atom is 0.339 e. The molecule has 0 aliphatic heterocycles. The molecule has 0 saturated carbocycles. The first-order chi connectivity index (χ1) is 5.79. The summed E-state index contributed by atoms with van der Waals surface area (Å²) in [6, 6.07) is 0. The van der Waals surface area contributed by atoms with Gasteiger partial charge in [0.05, 0.1) is 0 Å². The number of aromatic carboxylic acids is 1. The van der Waals surface area contributed by atoms with Crippen LogP contribution >= 0.6 is 0 Å². The second kappa shape index (κ2) is 2.66. The van der Waals surface area contributed by atoms with Crippen LogP contribution in [-0.4, -0.2) is 11.1 Å². The van der Waals surface area contributed by atoms with Crippen LogP contribution in [0, 0.1) is 0 Å². The Hall–Kier alpha value is -1.25. The summed E-state index contributed by atoms with van der Waals surface area (Å²) < 4.78 is 5.17. The highest BCUT2D eigenvalue weighted by Crippen LogP contribution is 2.25. The van der Waals surface area contributed by atoms with E-state index in [1.54, 1.807) is 0 Å². The molecule has 0 atom stereocenters. The number of carboxylic acids is 1. The molecule has 0 radical (unpaired) electrons. The van der Waals surface area contributed by atoms with Crippen LogP contribution in [0.15, 0.2) is 10.7 Å². The van der Waals surface area contributed by atoms with Crippen molar-refractivity contribution in [3.8, 4) is 0 Å². The van der Waals surface area contributed by atoms with Crippen molar-refractivity contribution in [1.29, 1.82) is 0 Å². The summed E-state index contributed by atoms with van der Waals surface area (Å²) in [6.45, 7) is 0. The van der Waals surface area contributed by atoms with Gasteiger partial charge in [-0.1, -0.05) is 0 Å². The zero-order valence-corrected chi connectivity index (χ0v) is 6.67. The van der Waals surface area contributed by atoms with Gasteiger partial charge < -0.3 is 9.52 Å². The molecule has 0 unspecified atom stereocenters. The van der Waals surface area contributed by atoms with Crippen molar-refractivity contribution in [1.82, 2.24) is 0 Å². The molecule has 0 amide bonds. The molecule has 1 aromatic heterocycles. The molecule has 1 aliphatic carbocycles. The Morgan fingerprint density at radius 2 is 2.17 bits per heavy atom. The summed E-state index contributed by atoms with van der Waals surface area (Å²) in [5.41, 5.74) is 1.26. The predicted octanol–water partition coefficient (Wildman–Crippen LogP) is 1.86. The van der Waals surface area contributed by atoms with Gasteiger partial charge in [-0.25, -0.2) is 4.79 Å². The maximum absolute atomic E-state index is 10.7. The molecule has 0 saturated heterocycles. The molecular formula is C9H10O3. The monoisotopic (exact) mass is 166 g/mol. The molecule has 1 heterocycles. The fraction of sp³-hybridized carbons (Fsp3) is 0.444. The highest BCUT2D eigenvalue weighted by molar-refractivity contribution is 5.89. The topological polar surface area (TPSA) is 50.4 Å². The number of furan rings is 1. The molecule has 1 N–H and O–H groups in total. The van der Waals surface area contributed by atoms with Crippen molar-refractivity contribution in [2.24, 2.45) is 0 Å². The standard InChI is InChI=1S/C9H10O3/c10-9(11)7-5-12-8-4-2-1-3-6(7)8/h5H,1-4H2,(H,10,11). The van der Waals surface area contributed by atoms with E-state index >= 15 is 0 Å². The van der Waals surface area contributed by atoms with E-state index in [0.717, 1.165) is 37.0 Å². The fourth-order valence-electron chi connectivity index (χ4n) is 1.67. The van der Waals surface area contributed by atoms with E-state index < -0.39 is 5.97 Å². The summed E-state index contributed by atoms with van der Waals surface area (Å²) >= 11 is 0. The second-order valence-electron chi connectivity index (χ2n) is 3.06. The molecule has 2 rings (SSSR count). The fourth-order valence-corrected chi connectivity index (χ4v) is 1.67. The van der Waals surface area contributed by atoms with Gasteiger partial charge in [-0.3, -0.25) is 0 Å². The van der Waals surface area contributed by atoms with Crippen molar-refractivity contribution in [3.05, 3.63) is 23.2 Å². The molecule has 1 aromatic rings. The zero-order valence-electron chi connectivity index (χ0n) is 6.67. The molecule has 1 aliphatic rings. The van der Waals surface area contributed by atoms with Crippen LogP contribution in [-0.2, 0) is 12.8 Å². The van der Waals surface area contributed by atoms with E-state index in [1.807, 2.05) is 0 Å². The van der Waals surface area contributed by atoms with Gasteiger partial charge in [0.1, 0.15) is 17.6 Å². The highest BCUT2D eigenvalue weighted by atomic mass is 16.4. The van der Waals surface area contributed by atoms with Crippen LogP contribution in [0.3, 0.4) is 0 Å². The molecule has 0 spiro atoms. The van der Waals surface area contributed by atoms with Crippen LogP contribution in [0.25, 0.3) is 0 Å². The SMILES string of the molecule is O=C(O)c1coc2c1CCCC2. The Kier molecular flexibility index (Phi) is 1.64. The minimum Gasteiger partial charge on any atom is -0.478 e. The van der Waals surface area contributed by atoms with Gasteiger partial charge >= 0.3 is 5.97 Å². The maximum atomic E-state index is 10.7. The number of hydrogen-bond acceptors (Lipinski definition) is 2. The lowest BCUT2D eigenvalue weighted by Crippen LogP contribution is -2.05. The van der Waals surface area contributed by atoms with Crippen molar-refractivity contribution >= 4 is 5.97 Å². The minimum atomic E-state index is -0.873. The average molecular weight is 166 g/mol. The quantitative estimate of drug-likeness (QED) is 0.692. The van der Waals surface area contributed by atoms with Gasteiger partial charge in [-0.2, -0.15) is 0 Å². The van der Waals surface area contributed by atoms with E-state index in [2.05, 4.69) is 0 Å². The molecule has 12 heavy (non-hydrogen) atoms. The molecule has 0 aromatic carbocycles. The van der Waals surface area contributed by atoms with Crippen LogP contribution < -0.4 is 0 Å². The first-order valence-corrected chi connectivity index (χ1v) is 4.11. The lowest BCUT2D eigenvalue weighted by molar-refractivity contribution is 0.0695. The summed E-state index contributed by atoms with van der Waals surface area (Å²) in [7, 11) is 0. The average Bonchev–Trinajstić information content (AvgIpc) is 2.47. The van der Waals surface area contributed by atoms with Crippen molar-refractivity contribution in [2.75, 3.05) is 0 Å². The molecule has 0 bridgehead atoms. The van der Waals surface area contributed by atoms with Gasteiger partial charge in [-0.15, -0.1) is 0 Å². The van der Waals surface area contributed by atoms with Crippen LogP contribution in [0.1, 0.15) is 34.5 Å². The third-order valence-electron chi connectivity index (χ3n) is 2.29.